The number of rotatable bonds is 4. The van der Waals surface area contributed by atoms with E-state index in [1.165, 1.54) is 6.07 Å². The van der Waals surface area contributed by atoms with Crippen LogP contribution in [0.2, 0.25) is 0 Å². The lowest BCUT2D eigenvalue weighted by atomic mass is 10.1. The molecule has 0 bridgehead atoms. The van der Waals surface area contributed by atoms with Crippen molar-refractivity contribution in [1.82, 2.24) is 14.5 Å². The molecule has 0 saturated carbocycles. The fourth-order valence-corrected chi connectivity index (χ4v) is 3.48. The number of hydrogen-bond donors (Lipinski definition) is 0. The molecule has 0 N–H and O–H groups in total. The van der Waals surface area contributed by atoms with Gasteiger partial charge in [0.15, 0.2) is 0 Å². The molecule has 0 amide bonds. The topological polar surface area (TPSA) is 39.5 Å². The summed E-state index contributed by atoms with van der Waals surface area (Å²) in [7, 11) is 3.54. The number of fused-ring (bicyclic) bond motifs is 1. The molecule has 3 aromatic rings. The zero-order valence-electron chi connectivity index (χ0n) is 15.0. The second-order valence-corrected chi connectivity index (χ2v) is 6.70. The van der Waals surface area contributed by atoms with Gasteiger partial charge in [-0.2, -0.15) is 0 Å². The van der Waals surface area contributed by atoms with Crippen LogP contribution in [-0.2, 0) is 18.3 Å². The number of benzene rings is 2. The van der Waals surface area contributed by atoms with Crippen molar-refractivity contribution in [1.29, 1.82) is 0 Å². The lowest BCUT2D eigenvalue weighted by Crippen LogP contribution is -2.37. The molecule has 0 radical (unpaired) electrons. The Morgan fingerprint density at radius 3 is 3.00 bits per heavy atom. The van der Waals surface area contributed by atoms with Gasteiger partial charge < -0.3 is 14.0 Å². The van der Waals surface area contributed by atoms with E-state index in [0.717, 1.165) is 35.2 Å². The Balaban J connectivity index is 1.51. The Hall–Kier alpha value is -2.44. The first-order chi connectivity index (χ1) is 12.6. The quantitative estimate of drug-likeness (QED) is 0.720. The SMILES string of the molecule is COc1cc(F)cc(CN2CCOC(c3ccc4ncn(C)c4c3)C2)c1. The van der Waals surface area contributed by atoms with E-state index in [1.54, 1.807) is 13.2 Å². The molecular weight excluding hydrogens is 333 g/mol. The summed E-state index contributed by atoms with van der Waals surface area (Å²) < 4.78 is 26.9. The number of imidazole rings is 1. The van der Waals surface area contributed by atoms with Gasteiger partial charge in [-0.15, -0.1) is 0 Å². The predicted molar refractivity (Wildman–Crippen MR) is 97.6 cm³/mol. The van der Waals surface area contributed by atoms with Crippen LogP contribution in [-0.4, -0.2) is 41.3 Å². The Morgan fingerprint density at radius 2 is 2.15 bits per heavy atom. The van der Waals surface area contributed by atoms with Gasteiger partial charge in [0.1, 0.15) is 11.6 Å². The predicted octanol–water partition coefficient (Wildman–Crippen LogP) is 3.29. The molecule has 0 spiro atoms. The van der Waals surface area contributed by atoms with E-state index < -0.39 is 0 Å². The lowest BCUT2D eigenvalue weighted by molar-refractivity contribution is -0.0329. The fourth-order valence-electron chi connectivity index (χ4n) is 3.48. The maximum atomic E-state index is 13.7. The van der Waals surface area contributed by atoms with Crippen molar-refractivity contribution < 1.29 is 13.9 Å². The minimum atomic E-state index is -0.272. The third-order valence-corrected chi connectivity index (χ3v) is 4.84. The van der Waals surface area contributed by atoms with Gasteiger partial charge in [0.05, 0.1) is 37.2 Å². The largest absolute Gasteiger partial charge is 0.497 e. The molecule has 0 aliphatic carbocycles. The first-order valence-electron chi connectivity index (χ1n) is 8.71. The first-order valence-corrected chi connectivity index (χ1v) is 8.71. The highest BCUT2D eigenvalue weighted by Gasteiger charge is 2.23. The molecule has 2 aromatic carbocycles. The number of nitrogens with zero attached hydrogens (tertiary/aromatic N) is 3. The van der Waals surface area contributed by atoms with Gasteiger partial charge in [0.2, 0.25) is 0 Å². The van der Waals surface area contributed by atoms with Crippen LogP contribution in [0.1, 0.15) is 17.2 Å². The van der Waals surface area contributed by atoms with Crippen molar-refractivity contribution in [3.8, 4) is 5.75 Å². The molecule has 2 heterocycles. The summed E-state index contributed by atoms with van der Waals surface area (Å²) in [5, 5.41) is 0. The molecule has 1 aliphatic heterocycles. The molecule has 136 valence electrons. The number of hydrogen-bond acceptors (Lipinski definition) is 4. The Bertz CT molecular complexity index is 925. The minimum Gasteiger partial charge on any atom is -0.497 e. The van der Waals surface area contributed by atoms with Crippen LogP contribution in [0.5, 0.6) is 5.75 Å². The summed E-state index contributed by atoms with van der Waals surface area (Å²) in [6.07, 6.45) is 1.82. The van der Waals surface area contributed by atoms with Crippen LogP contribution >= 0.6 is 0 Å². The molecule has 5 nitrogen and oxygen atoms in total. The molecule has 1 atom stereocenters. The van der Waals surface area contributed by atoms with Crippen molar-refractivity contribution in [2.45, 2.75) is 12.6 Å². The maximum Gasteiger partial charge on any atom is 0.127 e. The van der Waals surface area contributed by atoms with E-state index in [4.69, 9.17) is 9.47 Å². The third kappa shape index (κ3) is 3.43. The Labute approximate surface area is 152 Å². The van der Waals surface area contributed by atoms with Gasteiger partial charge in [0, 0.05) is 32.7 Å². The van der Waals surface area contributed by atoms with Crippen LogP contribution in [0.15, 0.2) is 42.7 Å². The zero-order chi connectivity index (χ0) is 18.1. The summed E-state index contributed by atoms with van der Waals surface area (Å²) in [5.74, 6) is 0.275. The van der Waals surface area contributed by atoms with Crippen LogP contribution in [0, 0.1) is 5.82 Å². The highest BCUT2D eigenvalue weighted by molar-refractivity contribution is 5.76. The second kappa shape index (κ2) is 7.05. The van der Waals surface area contributed by atoms with Gasteiger partial charge in [-0.25, -0.2) is 9.37 Å². The van der Waals surface area contributed by atoms with Crippen molar-refractivity contribution in [2.75, 3.05) is 26.8 Å². The number of halogens is 1. The summed E-state index contributed by atoms with van der Waals surface area (Å²) in [4.78, 5) is 6.65. The number of morpholine rings is 1. The van der Waals surface area contributed by atoms with Crippen molar-refractivity contribution >= 4 is 11.0 Å². The van der Waals surface area contributed by atoms with Gasteiger partial charge in [-0.1, -0.05) is 6.07 Å². The summed E-state index contributed by atoms with van der Waals surface area (Å²) >= 11 is 0. The van der Waals surface area contributed by atoms with Crippen LogP contribution in [0.4, 0.5) is 4.39 Å². The summed E-state index contributed by atoms with van der Waals surface area (Å²) in [5.41, 5.74) is 4.13. The molecule has 1 aromatic heterocycles. The van der Waals surface area contributed by atoms with Crippen LogP contribution in [0.25, 0.3) is 11.0 Å². The smallest absolute Gasteiger partial charge is 0.127 e. The van der Waals surface area contributed by atoms with Crippen LogP contribution < -0.4 is 4.74 Å². The fraction of sp³-hybridized carbons (Fsp3) is 0.350. The second-order valence-electron chi connectivity index (χ2n) is 6.70. The minimum absolute atomic E-state index is 0.00138. The van der Waals surface area contributed by atoms with Crippen molar-refractivity contribution in [2.24, 2.45) is 7.05 Å². The molecule has 1 aliphatic rings. The molecule has 1 fully saturated rings. The van der Waals surface area contributed by atoms with Crippen molar-refractivity contribution in [3.63, 3.8) is 0 Å². The zero-order valence-corrected chi connectivity index (χ0v) is 15.0. The average Bonchev–Trinajstić information content (AvgIpc) is 3.02. The number of aryl methyl sites for hydroxylation is 1. The number of ether oxygens (including phenoxy) is 2. The molecule has 1 saturated heterocycles. The highest BCUT2D eigenvalue weighted by Crippen LogP contribution is 2.26. The molecular formula is C20H22FN3O2. The van der Waals surface area contributed by atoms with Gasteiger partial charge >= 0.3 is 0 Å². The summed E-state index contributed by atoms with van der Waals surface area (Å²) in [6.45, 7) is 2.91. The van der Waals surface area contributed by atoms with Gasteiger partial charge in [-0.05, 0) is 35.4 Å². The van der Waals surface area contributed by atoms with E-state index in [1.807, 2.05) is 30.1 Å². The summed E-state index contributed by atoms with van der Waals surface area (Å²) in [6, 6.07) is 11.1. The highest BCUT2D eigenvalue weighted by atomic mass is 19.1. The van der Waals surface area contributed by atoms with E-state index in [9.17, 15) is 4.39 Å². The molecule has 6 heteroatoms. The maximum absolute atomic E-state index is 13.7. The van der Waals surface area contributed by atoms with Crippen LogP contribution in [0.3, 0.4) is 0 Å². The normalized spacial score (nSPS) is 18.3. The lowest BCUT2D eigenvalue weighted by Gasteiger charge is -2.33. The van der Waals surface area contributed by atoms with Gasteiger partial charge in [-0.3, -0.25) is 4.90 Å². The molecule has 1 unspecified atom stereocenters. The average molecular weight is 355 g/mol. The Morgan fingerprint density at radius 1 is 1.27 bits per heavy atom. The molecule has 4 rings (SSSR count). The van der Waals surface area contributed by atoms with E-state index in [0.29, 0.717) is 18.9 Å². The van der Waals surface area contributed by atoms with Crippen molar-refractivity contribution in [3.05, 3.63) is 59.7 Å². The number of methoxy groups -OCH3 is 1. The Kier molecular flexibility index (Phi) is 4.61. The number of aromatic nitrogens is 2. The molecule has 26 heavy (non-hydrogen) atoms. The van der Waals surface area contributed by atoms with Gasteiger partial charge in [0.25, 0.3) is 0 Å². The first kappa shape index (κ1) is 17.0. The third-order valence-electron chi connectivity index (χ3n) is 4.84. The standard InChI is InChI=1S/C20H22FN3O2/c1-23-13-22-18-4-3-15(9-19(18)23)20-12-24(5-6-26-20)11-14-7-16(21)10-17(8-14)25-2/h3-4,7-10,13,20H,5-6,11-12H2,1-2H3. The van der Waals surface area contributed by atoms with E-state index >= 15 is 0 Å². The van der Waals surface area contributed by atoms with E-state index in [-0.39, 0.29) is 11.9 Å². The monoisotopic (exact) mass is 355 g/mol. The van der Waals surface area contributed by atoms with E-state index in [2.05, 4.69) is 22.0 Å².